The quantitative estimate of drug-likeness (QED) is 0.753. The predicted molar refractivity (Wildman–Crippen MR) is 115 cm³/mol. The van der Waals surface area contributed by atoms with Crippen LogP contribution in [0.25, 0.3) is 10.8 Å². The Balaban J connectivity index is 1.40. The molecular formula is C24H29NO3S. The van der Waals surface area contributed by atoms with E-state index in [9.17, 15) is 13.2 Å². The highest BCUT2D eigenvalue weighted by molar-refractivity contribution is 7.91. The lowest BCUT2D eigenvalue weighted by molar-refractivity contribution is -0.136. The van der Waals surface area contributed by atoms with Gasteiger partial charge in [0.15, 0.2) is 0 Å². The first kappa shape index (κ1) is 19.1. The van der Waals surface area contributed by atoms with Crippen molar-refractivity contribution in [3.05, 3.63) is 48.0 Å². The highest BCUT2D eigenvalue weighted by Crippen LogP contribution is 2.60. The fourth-order valence-electron chi connectivity index (χ4n) is 5.61. The van der Waals surface area contributed by atoms with E-state index in [4.69, 9.17) is 0 Å². The zero-order valence-electron chi connectivity index (χ0n) is 16.8. The van der Waals surface area contributed by atoms with Gasteiger partial charge >= 0.3 is 0 Å². The molecule has 2 aliphatic carbocycles. The molecule has 4 nitrogen and oxygen atoms in total. The molecule has 1 spiro atoms. The predicted octanol–water partition coefficient (Wildman–Crippen LogP) is 4.33. The zero-order chi connectivity index (χ0) is 20.1. The van der Waals surface area contributed by atoms with Crippen LogP contribution < -0.4 is 0 Å². The summed E-state index contributed by atoms with van der Waals surface area (Å²) in [4.78, 5) is 15.8. The molecule has 154 valence electrons. The van der Waals surface area contributed by atoms with E-state index in [-0.39, 0.29) is 28.7 Å². The molecule has 3 aliphatic rings. The van der Waals surface area contributed by atoms with Crippen LogP contribution in [0.3, 0.4) is 0 Å². The molecule has 0 N–H and O–H groups in total. The van der Waals surface area contributed by atoms with E-state index in [0.29, 0.717) is 25.4 Å². The normalized spacial score (nSPS) is 25.3. The molecule has 3 fully saturated rings. The summed E-state index contributed by atoms with van der Waals surface area (Å²) in [5.41, 5.74) is 1.17. The molecule has 1 heterocycles. The average Bonchev–Trinajstić information content (AvgIpc) is 3.16. The van der Waals surface area contributed by atoms with Gasteiger partial charge in [-0.05, 0) is 53.9 Å². The van der Waals surface area contributed by atoms with Crippen molar-refractivity contribution >= 4 is 26.5 Å². The Bertz CT molecular complexity index is 1020. The Morgan fingerprint density at radius 1 is 1.00 bits per heavy atom. The third-order valence-electron chi connectivity index (χ3n) is 7.58. The van der Waals surface area contributed by atoms with Gasteiger partial charge in [-0.15, -0.1) is 0 Å². The molecule has 1 aliphatic heterocycles. The first-order valence-electron chi connectivity index (χ1n) is 11.0. The summed E-state index contributed by atoms with van der Waals surface area (Å²) in [5.74, 6) is 0.797. The Hall–Kier alpha value is -1.88. The molecular weight excluding hydrogens is 382 g/mol. The smallest absolute Gasteiger partial charge is 0.226 e. The lowest BCUT2D eigenvalue weighted by Gasteiger charge is -2.31. The van der Waals surface area contributed by atoms with E-state index >= 15 is 0 Å². The molecule has 1 unspecified atom stereocenters. The van der Waals surface area contributed by atoms with Gasteiger partial charge < -0.3 is 4.90 Å². The van der Waals surface area contributed by atoms with E-state index in [1.54, 1.807) is 0 Å². The van der Waals surface area contributed by atoms with Crippen LogP contribution in [0.2, 0.25) is 0 Å². The maximum absolute atomic E-state index is 13.6. The number of sulfone groups is 1. The molecule has 5 heteroatoms. The van der Waals surface area contributed by atoms with Crippen LogP contribution in [0.15, 0.2) is 42.5 Å². The van der Waals surface area contributed by atoms with E-state index in [0.717, 1.165) is 19.3 Å². The Labute approximate surface area is 173 Å². The molecule has 1 amide bonds. The van der Waals surface area contributed by atoms with Crippen LogP contribution in [0, 0.1) is 11.3 Å². The highest BCUT2D eigenvalue weighted by atomic mass is 32.2. The van der Waals surface area contributed by atoms with Crippen molar-refractivity contribution in [3.8, 4) is 0 Å². The number of fused-ring (bicyclic) bond motifs is 1. The van der Waals surface area contributed by atoms with E-state index in [1.807, 2.05) is 0 Å². The number of hydrogen-bond acceptors (Lipinski definition) is 3. The number of nitrogens with zero attached hydrogens (tertiary/aromatic N) is 1. The van der Waals surface area contributed by atoms with Crippen molar-refractivity contribution in [2.24, 2.45) is 11.3 Å². The monoisotopic (exact) mass is 411 g/mol. The van der Waals surface area contributed by atoms with Crippen LogP contribution in [-0.4, -0.2) is 36.8 Å². The molecule has 0 bridgehead atoms. The van der Waals surface area contributed by atoms with Crippen LogP contribution in [0.4, 0.5) is 0 Å². The number of carbonyl (C=O) groups excluding carboxylic acids is 1. The third-order valence-corrected chi connectivity index (χ3v) is 9.23. The van der Waals surface area contributed by atoms with Gasteiger partial charge in [-0.2, -0.15) is 0 Å². The number of carbonyl (C=O) groups is 1. The summed E-state index contributed by atoms with van der Waals surface area (Å²) < 4.78 is 23.7. The number of rotatable bonds is 4. The Morgan fingerprint density at radius 3 is 2.45 bits per heavy atom. The van der Waals surface area contributed by atoms with Gasteiger partial charge in [0.2, 0.25) is 5.91 Å². The van der Waals surface area contributed by atoms with Crippen LogP contribution in [-0.2, 0) is 21.2 Å². The fourth-order valence-corrected chi connectivity index (χ4v) is 7.25. The minimum atomic E-state index is -2.90. The maximum atomic E-state index is 13.6. The minimum absolute atomic E-state index is 0.0218. The summed E-state index contributed by atoms with van der Waals surface area (Å²) in [7, 11) is -2.90. The summed E-state index contributed by atoms with van der Waals surface area (Å²) in [5, 5.41) is 2.43. The SMILES string of the molecule is O=C(C1CC12CCS(=O)(=O)CC2)N(Cc1cccc2ccccc12)C1CCCC1. The standard InChI is InChI=1S/C24H29NO3S/c26-23(22-16-24(22)12-14-29(27,28)15-13-24)25(20-9-2-3-10-20)17-19-8-5-7-18-6-1-4-11-21(18)19/h1,4-8,11,20,22H,2-3,9-10,12-17H2. The first-order chi connectivity index (χ1) is 14.0. The van der Waals surface area contributed by atoms with Gasteiger partial charge in [-0.1, -0.05) is 55.3 Å². The lowest BCUT2D eigenvalue weighted by Crippen LogP contribution is -2.41. The largest absolute Gasteiger partial charge is 0.335 e. The molecule has 5 rings (SSSR count). The molecule has 1 saturated heterocycles. The molecule has 2 aromatic rings. The topological polar surface area (TPSA) is 54.5 Å². The zero-order valence-corrected chi connectivity index (χ0v) is 17.7. The Morgan fingerprint density at radius 2 is 1.69 bits per heavy atom. The molecule has 1 atom stereocenters. The van der Waals surface area contributed by atoms with Crippen molar-refractivity contribution in [1.29, 1.82) is 0 Å². The first-order valence-corrected chi connectivity index (χ1v) is 12.8. The molecule has 0 radical (unpaired) electrons. The van der Waals surface area contributed by atoms with Gasteiger partial charge in [0, 0.05) is 18.5 Å². The number of amides is 1. The fraction of sp³-hybridized carbons (Fsp3) is 0.542. The maximum Gasteiger partial charge on any atom is 0.226 e. The van der Waals surface area contributed by atoms with Crippen molar-refractivity contribution in [2.45, 2.75) is 57.5 Å². The van der Waals surface area contributed by atoms with Crippen molar-refractivity contribution < 1.29 is 13.2 Å². The van der Waals surface area contributed by atoms with E-state index in [1.165, 1.54) is 29.2 Å². The van der Waals surface area contributed by atoms with Gasteiger partial charge in [-0.3, -0.25) is 4.79 Å². The molecule has 0 aromatic heterocycles. The third kappa shape index (κ3) is 3.58. The second-order valence-electron chi connectivity index (χ2n) is 9.31. The lowest BCUT2D eigenvalue weighted by atomic mass is 9.95. The van der Waals surface area contributed by atoms with Crippen LogP contribution >= 0.6 is 0 Å². The van der Waals surface area contributed by atoms with E-state index in [2.05, 4.69) is 47.4 Å². The second-order valence-corrected chi connectivity index (χ2v) is 11.6. The van der Waals surface area contributed by atoms with Crippen molar-refractivity contribution in [2.75, 3.05) is 11.5 Å². The summed E-state index contributed by atoms with van der Waals surface area (Å²) in [6, 6.07) is 15.1. The van der Waals surface area contributed by atoms with Crippen molar-refractivity contribution in [3.63, 3.8) is 0 Å². The summed E-state index contributed by atoms with van der Waals surface area (Å²) in [6.45, 7) is 0.662. The number of benzene rings is 2. The summed E-state index contributed by atoms with van der Waals surface area (Å²) >= 11 is 0. The molecule has 29 heavy (non-hydrogen) atoms. The summed E-state index contributed by atoms with van der Waals surface area (Å²) in [6.07, 6.45) is 6.77. The minimum Gasteiger partial charge on any atom is -0.335 e. The number of hydrogen-bond donors (Lipinski definition) is 0. The Kier molecular flexibility index (Phi) is 4.69. The second kappa shape index (κ2) is 7.12. The highest BCUT2D eigenvalue weighted by Gasteiger charge is 2.60. The van der Waals surface area contributed by atoms with Gasteiger partial charge in [0.1, 0.15) is 9.84 Å². The van der Waals surface area contributed by atoms with E-state index < -0.39 is 9.84 Å². The van der Waals surface area contributed by atoms with Crippen molar-refractivity contribution in [1.82, 2.24) is 4.90 Å². The van der Waals surface area contributed by atoms with Crippen LogP contribution in [0.1, 0.15) is 50.5 Å². The average molecular weight is 412 g/mol. The van der Waals surface area contributed by atoms with Gasteiger partial charge in [-0.25, -0.2) is 8.42 Å². The van der Waals surface area contributed by atoms with Gasteiger partial charge in [0.05, 0.1) is 11.5 Å². The van der Waals surface area contributed by atoms with Gasteiger partial charge in [0.25, 0.3) is 0 Å². The molecule has 2 saturated carbocycles. The van der Waals surface area contributed by atoms with Crippen LogP contribution in [0.5, 0.6) is 0 Å². The molecule has 2 aromatic carbocycles.